The van der Waals surface area contributed by atoms with Gasteiger partial charge < -0.3 is 4.90 Å². The second-order valence-corrected chi connectivity index (χ2v) is 5.82. The molecule has 0 aliphatic carbocycles. The lowest BCUT2D eigenvalue weighted by molar-refractivity contribution is -0.132. The van der Waals surface area contributed by atoms with Crippen LogP contribution in [0.5, 0.6) is 0 Å². The first-order chi connectivity index (χ1) is 10.7. The summed E-state index contributed by atoms with van der Waals surface area (Å²) in [4.78, 5) is 18.4. The standard InChI is InChI=1S/C18H21N3O/c1-21(13-14-6-5-11-19-12-14)18(22)17-10-9-16(20-17)15-7-3-2-4-8-15/h2-8,11-12,16-17,20H,9-10,13H2,1H3/t16-,17-/m1/s1. The van der Waals surface area contributed by atoms with Crippen LogP contribution in [0.25, 0.3) is 0 Å². The molecule has 1 saturated heterocycles. The maximum Gasteiger partial charge on any atom is 0.239 e. The Morgan fingerprint density at radius 1 is 1.23 bits per heavy atom. The number of nitrogens with zero attached hydrogens (tertiary/aromatic N) is 2. The molecule has 2 atom stereocenters. The van der Waals surface area contributed by atoms with E-state index < -0.39 is 0 Å². The highest BCUT2D eigenvalue weighted by Gasteiger charge is 2.31. The van der Waals surface area contributed by atoms with E-state index in [1.54, 1.807) is 17.3 Å². The minimum atomic E-state index is -0.0909. The van der Waals surface area contributed by atoms with Crippen molar-refractivity contribution >= 4 is 5.91 Å². The van der Waals surface area contributed by atoms with Gasteiger partial charge in [0.15, 0.2) is 0 Å². The number of benzene rings is 1. The van der Waals surface area contributed by atoms with Gasteiger partial charge in [-0.3, -0.25) is 15.1 Å². The monoisotopic (exact) mass is 295 g/mol. The van der Waals surface area contributed by atoms with E-state index in [4.69, 9.17) is 0 Å². The van der Waals surface area contributed by atoms with Crippen molar-refractivity contribution in [1.29, 1.82) is 0 Å². The van der Waals surface area contributed by atoms with Gasteiger partial charge in [0.1, 0.15) is 0 Å². The van der Waals surface area contributed by atoms with Crippen LogP contribution in [-0.2, 0) is 11.3 Å². The van der Waals surface area contributed by atoms with Gasteiger partial charge in [0, 0.05) is 32.0 Å². The van der Waals surface area contributed by atoms with Crippen LogP contribution in [0.3, 0.4) is 0 Å². The molecule has 1 aliphatic heterocycles. The van der Waals surface area contributed by atoms with E-state index in [1.165, 1.54) is 5.56 Å². The Morgan fingerprint density at radius 2 is 2.05 bits per heavy atom. The smallest absolute Gasteiger partial charge is 0.239 e. The molecule has 4 heteroatoms. The summed E-state index contributed by atoms with van der Waals surface area (Å²) in [5, 5.41) is 3.47. The zero-order valence-corrected chi connectivity index (χ0v) is 12.8. The van der Waals surface area contributed by atoms with E-state index >= 15 is 0 Å². The molecule has 0 saturated carbocycles. The van der Waals surface area contributed by atoms with Gasteiger partial charge in [0.25, 0.3) is 0 Å². The summed E-state index contributed by atoms with van der Waals surface area (Å²) in [7, 11) is 1.85. The molecule has 0 unspecified atom stereocenters. The fourth-order valence-corrected chi connectivity index (χ4v) is 3.00. The van der Waals surface area contributed by atoms with Crippen LogP contribution < -0.4 is 5.32 Å². The van der Waals surface area contributed by atoms with Crippen molar-refractivity contribution in [2.45, 2.75) is 31.5 Å². The van der Waals surface area contributed by atoms with Crippen molar-refractivity contribution in [3.63, 3.8) is 0 Å². The van der Waals surface area contributed by atoms with E-state index in [2.05, 4.69) is 22.4 Å². The van der Waals surface area contributed by atoms with Crippen molar-refractivity contribution in [2.24, 2.45) is 0 Å². The number of carbonyl (C=O) groups excluding carboxylic acids is 1. The molecule has 22 heavy (non-hydrogen) atoms. The summed E-state index contributed by atoms with van der Waals surface area (Å²) in [6.07, 6.45) is 5.43. The minimum Gasteiger partial charge on any atom is -0.340 e. The summed E-state index contributed by atoms with van der Waals surface area (Å²) in [5.41, 5.74) is 2.31. The van der Waals surface area contributed by atoms with E-state index in [0.29, 0.717) is 6.54 Å². The third-order valence-electron chi connectivity index (χ3n) is 4.17. The predicted molar refractivity (Wildman–Crippen MR) is 86.1 cm³/mol. The van der Waals surface area contributed by atoms with Crippen LogP contribution in [0, 0.1) is 0 Å². The largest absolute Gasteiger partial charge is 0.340 e. The topological polar surface area (TPSA) is 45.2 Å². The highest BCUT2D eigenvalue weighted by atomic mass is 16.2. The second kappa shape index (κ2) is 6.71. The van der Waals surface area contributed by atoms with Gasteiger partial charge in [-0.25, -0.2) is 0 Å². The maximum atomic E-state index is 12.6. The third-order valence-corrected chi connectivity index (χ3v) is 4.17. The zero-order chi connectivity index (χ0) is 15.4. The van der Waals surface area contributed by atoms with Crippen molar-refractivity contribution in [3.05, 3.63) is 66.0 Å². The molecular weight excluding hydrogens is 274 g/mol. The van der Waals surface area contributed by atoms with E-state index in [1.807, 2.05) is 37.4 Å². The average Bonchev–Trinajstić information content (AvgIpc) is 3.06. The van der Waals surface area contributed by atoms with Crippen LogP contribution >= 0.6 is 0 Å². The van der Waals surface area contributed by atoms with Crippen LogP contribution in [-0.4, -0.2) is 28.9 Å². The Labute approximate surface area is 131 Å². The molecule has 114 valence electrons. The molecule has 1 amide bonds. The van der Waals surface area contributed by atoms with Gasteiger partial charge >= 0.3 is 0 Å². The number of nitrogens with one attached hydrogen (secondary N) is 1. The van der Waals surface area contributed by atoms with Crippen LogP contribution in [0.1, 0.15) is 30.0 Å². The summed E-state index contributed by atoms with van der Waals surface area (Å²) < 4.78 is 0. The molecule has 1 aliphatic rings. The van der Waals surface area contributed by atoms with Crippen LogP contribution in [0.4, 0.5) is 0 Å². The quantitative estimate of drug-likeness (QED) is 0.943. The lowest BCUT2D eigenvalue weighted by Crippen LogP contribution is -2.41. The maximum absolute atomic E-state index is 12.6. The van der Waals surface area contributed by atoms with Crippen molar-refractivity contribution in [1.82, 2.24) is 15.2 Å². The highest BCUT2D eigenvalue weighted by molar-refractivity contribution is 5.82. The van der Waals surface area contributed by atoms with Gasteiger partial charge in [0.2, 0.25) is 5.91 Å². The number of carbonyl (C=O) groups is 1. The molecule has 1 aromatic carbocycles. The van der Waals surface area contributed by atoms with E-state index in [9.17, 15) is 4.79 Å². The Kier molecular flexibility index (Phi) is 4.49. The molecule has 2 heterocycles. The number of hydrogen-bond acceptors (Lipinski definition) is 3. The number of amides is 1. The average molecular weight is 295 g/mol. The van der Waals surface area contributed by atoms with Crippen molar-refractivity contribution in [2.75, 3.05) is 7.05 Å². The van der Waals surface area contributed by atoms with E-state index in [-0.39, 0.29) is 18.0 Å². The van der Waals surface area contributed by atoms with Gasteiger partial charge in [-0.1, -0.05) is 36.4 Å². The Balaban J connectivity index is 1.59. The lowest BCUT2D eigenvalue weighted by atomic mass is 10.1. The van der Waals surface area contributed by atoms with Crippen molar-refractivity contribution < 1.29 is 4.79 Å². The summed E-state index contributed by atoms with van der Waals surface area (Å²) >= 11 is 0. The predicted octanol–water partition coefficient (Wildman–Crippen LogP) is 2.53. The highest BCUT2D eigenvalue weighted by Crippen LogP contribution is 2.27. The first-order valence-corrected chi connectivity index (χ1v) is 7.69. The molecule has 0 radical (unpaired) electrons. The van der Waals surface area contributed by atoms with Gasteiger partial charge in [-0.2, -0.15) is 0 Å². The Hall–Kier alpha value is -2.20. The minimum absolute atomic E-state index is 0.0909. The number of pyridine rings is 1. The first-order valence-electron chi connectivity index (χ1n) is 7.69. The lowest BCUT2D eigenvalue weighted by Gasteiger charge is -2.22. The molecule has 0 spiro atoms. The third kappa shape index (κ3) is 3.34. The van der Waals surface area contributed by atoms with Gasteiger partial charge in [-0.05, 0) is 30.0 Å². The Morgan fingerprint density at radius 3 is 2.77 bits per heavy atom. The number of aromatic nitrogens is 1. The van der Waals surface area contributed by atoms with Crippen LogP contribution in [0.15, 0.2) is 54.9 Å². The normalized spacial score (nSPS) is 20.8. The summed E-state index contributed by atoms with van der Waals surface area (Å²) in [5.74, 6) is 0.155. The van der Waals surface area contributed by atoms with Gasteiger partial charge in [-0.15, -0.1) is 0 Å². The first kappa shape index (κ1) is 14.7. The number of hydrogen-bond donors (Lipinski definition) is 1. The fraction of sp³-hybridized carbons (Fsp3) is 0.333. The van der Waals surface area contributed by atoms with E-state index in [0.717, 1.165) is 18.4 Å². The molecule has 1 aromatic heterocycles. The SMILES string of the molecule is CN(Cc1cccnc1)C(=O)[C@H]1CC[C@H](c2ccccc2)N1. The number of rotatable bonds is 4. The zero-order valence-electron chi connectivity index (χ0n) is 12.8. The molecule has 1 fully saturated rings. The fourth-order valence-electron chi connectivity index (χ4n) is 3.00. The molecule has 0 bridgehead atoms. The second-order valence-electron chi connectivity index (χ2n) is 5.82. The van der Waals surface area contributed by atoms with Crippen molar-refractivity contribution in [3.8, 4) is 0 Å². The summed E-state index contributed by atoms with van der Waals surface area (Å²) in [6, 6.07) is 14.4. The van der Waals surface area contributed by atoms with Gasteiger partial charge in [0.05, 0.1) is 6.04 Å². The number of likely N-dealkylation sites (N-methyl/N-ethyl adjacent to an activating group) is 1. The molecule has 3 rings (SSSR count). The van der Waals surface area contributed by atoms with Crippen LogP contribution in [0.2, 0.25) is 0 Å². The molecule has 2 aromatic rings. The Bertz CT molecular complexity index is 615. The molecular formula is C18H21N3O. The molecule has 4 nitrogen and oxygen atoms in total. The molecule has 1 N–H and O–H groups in total. The summed E-state index contributed by atoms with van der Waals surface area (Å²) in [6.45, 7) is 0.598.